The van der Waals surface area contributed by atoms with E-state index in [1.54, 1.807) is 18.2 Å². The van der Waals surface area contributed by atoms with E-state index >= 15 is 0 Å². The molecule has 5 nitrogen and oxygen atoms in total. The molecule has 1 aliphatic rings. The van der Waals surface area contributed by atoms with Gasteiger partial charge in [-0.2, -0.15) is 0 Å². The van der Waals surface area contributed by atoms with Crippen LogP contribution in [0.25, 0.3) is 0 Å². The van der Waals surface area contributed by atoms with Crippen LogP contribution in [0.15, 0.2) is 18.2 Å². The summed E-state index contributed by atoms with van der Waals surface area (Å²) in [5.41, 5.74) is 6.48. The summed E-state index contributed by atoms with van der Waals surface area (Å²) in [6, 6.07) is 5.19. The van der Waals surface area contributed by atoms with Crippen LogP contribution < -0.4 is 15.8 Å². The average Bonchev–Trinajstić information content (AvgIpc) is 2.78. The summed E-state index contributed by atoms with van der Waals surface area (Å²) in [6.45, 7) is 5.51. The van der Waals surface area contributed by atoms with Gasteiger partial charge in [0.25, 0.3) is 5.91 Å². The van der Waals surface area contributed by atoms with Gasteiger partial charge in [0.1, 0.15) is 0 Å². The van der Waals surface area contributed by atoms with E-state index in [-0.39, 0.29) is 11.4 Å². The quantitative estimate of drug-likeness (QED) is 0.810. The molecule has 0 spiro atoms. The van der Waals surface area contributed by atoms with Gasteiger partial charge < -0.3 is 20.5 Å². The molecule has 0 aromatic heterocycles. The summed E-state index contributed by atoms with van der Waals surface area (Å²) in [5.74, 6) is 0.272. The number of hydrogen-bond acceptors (Lipinski definition) is 4. The third-order valence-corrected chi connectivity index (χ3v) is 3.21. The van der Waals surface area contributed by atoms with E-state index in [2.05, 4.69) is 5.32 Å². The van der Waals surface area contributed by atoms with E-state index in [9.17, 15) is 4.79 Å². The van der Waals surface area contributed by atoms with Gasteiger partial charge in [-0.1, -0.05) is 6.07 Å². The third kappa shape index (κ3) is 2.98. The van der Waals surface area contributed by atoms with Crippen molar-refractivity contribution in [3.63, 3.8) is 0 Å². The number of amides is 1. The highest BCUT2D eigenvalue weighted by molar-refractivity contribution is 5.99. The summed E-state index contributed by atoms with van der Waals surface area (Å²) in [4.78, 5) is 12.4. The molecule has 1 amide bonds. The largest absolute Gasteiger partial charge is 0.491 e. The molecule has 1 aliphatic heterocycles. The zero-order chi connectivity index (χ0) is 13.9. The molecule has 1 aromatic rings. The minimum Gasteiger partial charge on any atom is -0.491 e. The Morgan fingerprint density at radius 1 is 1.58 bits per heavy atom. The average molecular weight is 264 g/mol. The first-order valence-electron chi connectivity index (χ1n) is 6.47. The van der Waals surface area contributed by atoms with E-state index < -0.39 is 0 Å². The highest BCUT2D eigenvalue weighted by atomic mass is 16.5. The van der Waals surface area contributed by atoms with Crippen LogP contribution in [0.2, 0.25) is 0 Å². The molecule has 0 saturated carbocycles. The Morgan fingerprint density at radius 2 is 2.37 bits per heavy atom. The van der Waals surface area contributed by atoms with E-state index in [4.69, 9.17) is 15.2 Å². The van der Waals surface area contributed by atoms with Crippen LogP contribution in [-0.4, -0.2) is 31.3 Å². The first-order chi connectivity index (χ1) is 9.06. The van der Waals surface area contributed by atoms with Crippen LogP contribution in [0.1, 0.15) is 30.6 Å². The number of hydrogen-bond donors (Lipinski definition) is 2. The molecule has 19 heavy (non-hydrogen) atoms. The highest BCUT2D eigenvalue weighted by Gasteiger charge is 2.32. The summed E-state index contributed by atoms with van der Waals surface area (Å²) >= 11 is 0. The Labute approximate surface area is 113 Å². The summed E-state index contributed by atoms with van der Waals surface area (Å²) in [6.07, 6.45) is 0.811. The van der Waals surface area contributed by atoms with Crippen LogP contribution in [0.3, 0.4) is 0 Å². The molecule has 1 saturated heterocycles. The van der Waals surface area contributed by atoms with E-state index in [1.165, 1.54) is 0 Å². The molecule has 2 rings (SSSR count). The smallest absolute Gasteiger partial charge is 0.255 e. The minimum atomic E-state index is -0.314. The maximum atomic E-state index is 12.4. The van der Waals surface area contributed by atoms with Gasteiger partial charge in [-0.05, 0) is 32.4 Å². The summed E-state index contributed by atoms with van der Waals surface area (Å²) in [7, 11) is 0. The second-order valence-corrected chi connectivity index (χ2v) is 4.97. The van der Waals surface area contributed by atoms with Crippen molar-refractivity contribution < 1.29 is 14.3 Å². The molecule has 104 valence electrons. The molecule has 1 heterocycles. The van der Waals surface area contributed by atoms with E-state index in [0.29, 0.717) is 36.8 Å². The molecule has 1 atom stereocenters. The molecule has 1 unspecified atom stereocenters. The molecule has 1 aromatic carbocycles. The fraction of sp³-hybridized carbons (Fsp3) is 0.500. The monoisotopic (exact) mass is 264 g/mol. The lowest BCUT2D eigenvalue weighted by Crippen LogP contribution is -2.46. The SMILES string of the molecule is CCOc1c(N)cccc1C(=O)NC1(C)CCOC1. The predicted molar refractivity (Wildman–Crippen MR) is 73.3 cm³/mol. The van der Waals surface area contributed by atoms with Gasteiger partial charge in [-0.3, -0.25) is 4.79 Å². The standard InChI is InChI=1S/C14H20N2O3/c1-3-19-12-10(5-4-6-11(12)15)13(17)16-14(2)7-8-18-9-14/h4-6H,3,7-9,15H2,1-2H3,(H,16,17). The number of carbonyl (C=O) groups excluding carboxylic acids is 1. The third-order valence-electron chi connectivity index (χ3n) is 3.21. The summed E-state index contributed by atoms with van der Waals surface area (Å²) < 4.78 is 10.8. The van der Waals surface area contributed by atoms with Gasteiger partial charge in [0.05, 0.1) is 30.0 Å². The van der Waals surface area contributed by atoms with Crippen molar-refractivity contribution in [2.24, 2.45) is 0 Å². The van der Waals surface area contributed by atoms with Crippen molar-refractivity contribution in [3.05, 3.63) is 23.8 Å². The van der Waals surface area contributed by atoms with Gasteiger partial charge in [-0.25, -0.2) is 0 Å². The van der Waals surface area contributed by atoms with E-state index in [0.717, 1.165) is 6.42 Å². The Hall–Kier alpha value is -1.75. The van der Waals surface area contributed by atoms with Gasteiger partial charge in [-0.15, -0.1) is 0 Å². The second-order valence-electron chi connectivity index (χ2n) is 4.97. The van der Waals surface area contributed by atoms with Crippen LogP contribution in [0, 0.1) is 0 Å². The molecule has 0 radical (unpaired) electrons. The normalized spacial score (nSPS) is 22.2. The molecular weight excluding hydrogens is 244 g/mol. The molecular formula is C14H20N2O3. The van der Waals surface area contributed by atoms with Crippen LogP contribution in [0.4, 0.5) is 5.69 Å². The van der Waals surface area contributed by atoms with Gasteiger partial charge in [0.15, 0.2) is 5.75 Å². The molecule has 1 fully saturated rings. The zero-order valence-corrected chi connectivity index (χ0v) is 11.4. The number of para-hydroxylation sites is 1. The fourth-order valence-electron chi connectivity index (χ4n) is 2.15. The van der Waals surface area contributed by atoms with E-state index in [1.807, 2.05) is 13.8 Å². The van der Waals surface area contributed by atoms with Crippen LogP contribution >= 0.6 is 0 Å². The number of carbonyl (C=O) groups is 1. The Balaban J connectivity index is 2.21. The number of nitrogen functional groups attached to an aromatic ring is 1. The maximum Gasteiger partial charge on any atom is 0.255 e. The second kappa shape index (κ2) is 5.48. The zero-order valence-electron chi connectivity index (χ0n) is 11.4. The first-order valence-corrected chi connectivity index (χ1v) is 6.47. The van der Waals surface area contributed by atoms with Gasteiger partial charge in [0.2, 0.25) is 0 Å². The fourth-order valence-corrected chi connectivity index (χ4v) is 2.15. The molecule has 5 heteroatoms. The number of ether oxygens (including phenoxy) is 2. The van der Waals surface area contributed by atoms with Crippen LogP contribution in [0.5, 0.6) is 5.75 Å². The number of benzene rings is 1. The molecule has 0 aliphatic carbocycles. The Kier molecular flexibility index (Phi) is 3.95. The lowest BCUT2D eigenvalue weighted by Gasteiger charge is -2.24. The topological polar surface area (TPSA) is 73.6 Å². The number of anilines is 1. The maximum absolute atomic E-state index is 12.4. The van der Waals surface area contributed by atoms with Crippen LogP contribution in [-0.2, 0) is 4.74 Å². The van der Waals surface area contributed by atoms with Crippen molar-refractivity contribution in [1.82, 2.24) is 5.32 Å². The lowest BCUT2D eigenvalue weighted by atomic mass is 10.0. The van der Waals surface area contributed by atoms with Gasteiger partial charge >= 0.3 is 0 Å². The number of nitrogens with one attached hydrogen (secondary N) is 1. The molecule has 0 bridgehead atoms. The van der Waals surface area contributed by atoms with Crippen molar-refractivity contribution in [1.29, 1.82) is 0 Å². The minimum absolute atomic E-state index is 0.177. The van der Waals surface area contributed by atoms with Gasteiger partial charge in [0, 0.05) is 6.61 Å². The van der Waals surface area contributed by atoms with Crippen molar-refractivity contribution in [3.8, 4) is 5.75 Å². The lowest BCUT2D eigenvalue weighted by molar-refractivity contribution is 0.0886. The Morgan fingerprint density at radius 3 is 3.00 bits per heavy atom. The van der Waals surface area contributed by atoms with Crippen molar-refractivity contribution in [2.45, 2.75) is 25.8 Å². The van der Waals surface area contributed by atoms with Crippen molar-refractivity contribution >= 4 is 11.6 Å². The number of rotatable bonds is 4. The molecule has 3 N–H and O–H groups in total. The van der Waals surface area contributed by atoms with Crippen molar-refractivity contribution in [2.75, 3.05) is 25.6 Å². The predicted octanol–water partition coefficient (Wildman–Crippen LogP) is 1.58. The first kappa shape index (κ1) is 13.7. The highest BCUT2D eigenvalue weighted by Crippen LogP contribution is 2.27. The summed E-state index contributed by atoms with van der Waals surface area (Å²) in [5, 5.41) is 3.00. The number of nitrogens with two attached hydrogens (primary N) is 1. The Bertz CT molecular complexity index is 468.